The number of aryl methyl sites for hydroxylation is 2. The predicted octanol–water partition coefficient (Wildman–Crippen LogP) is 3.02. The average Bonchev–Trinajstić information content (AvgIpc) is 3.68. The van der Waals surface area contributed by atoms with Crippen LogP contribution in [0.25, 0.3) is 0 Å². The maximum atomic E-state index is 13.5. The number of fused-ring (bicyclic) bond motifs is 1. The van der Waals surface area contributed by atoms with E-state index in [2.05, 4.69) is 15.8 Å². The van der Waals surface area contributed by atoms with Gasteiger partial charge in [0.15, 0.2) is 11.5 Å². The van der Waals surface area contributed by atoms with Gasteiger partial charge in [-0.05, 0) is 45.7 Å². The lowest BCUT2D eigenvalue weighted by atomic mass is 9.99. The number of nitrogens with one attached hydrogen (secondary N) is 2. The summed E-state index contributed by atoms with van der Waals surface area (Å²) in [7, 11) is 1.66. The number of likely N-dealkylation sites (N-methyl/N-ethyl adjacent to an activating group) is 1. The van der Waals surface area contributed by atoms with Crippen molar-refractivity contribution in [3.63, 3.8) is 0 Å². The summed E-state index contributed by atoms with van der Waals surface area (Å²) in [4.78, 5) is 42.2. The second-order valence-corrected chi connectivity index (χ2v) is 10.1. The monoisotopic (exact) mass is 513 g/mol. The highest BCUT2D eigenvalue weighted by Gasteiger charge is 2.36. The molecule has 4 rings (SSSR count). The summed E-state index contributed by atoms with van der Waals surface area (Å²) >= 11 is 0. The fourth-order valence-corrected chi connectivity index (χ4v) is 4.36. The van der Waals surface area contributed by atoms with Gasteiger partial charge in [0.2, 0.25) is 5.91 Å². The number of hydrogen-bond donors (Lipinski definition) is 3. The van der Waals surface area contributed by atoms with E-state index in [0.717, 1.165) is 12.8 Å². The second-order valence-electron chi connectivity index (χ2n) is 10.1. The number of ether oxygens (including phenoxy) is 1. The van der Waals surface area contributed by atoms with E-state index in [1.807, 2.05) is 6.92 Å². The molecule has 4 amide bonds. The summed E-state index contributed by atoms with van der Waals surface area (Å²) in [5, 5.41) is 19.5. The number of aromatic nitrogens is 1. The molecule has 1 aliphatic carbocycles. The van der Waals surface area contributed by atoms with Crippen LogP contribution in [-0.4, -0.2) is 76.8 Å². The molecule has 2 heterocycles. The molecular weight excluding hydrogens is 478 g/mol. The Morgan fingerprint density at radius 1 is 1.27 bits per heavy atom. The van der Waals surface area contributed by atoms with Gasteiger partial charge in [-0.2, -0.15) is 0 Å². The van der Waals surface area contributed by atoms with Crippen molar-refractivity contribution in [2.45, 2.75) is 52.7 Å². The van der Waals surface area contributed by atoms with Crippen LogP contribution in [0.3, 0.4) is 0 Å². The summed E-state index contributed by atoms with van der Waals surface area (Å²) < 4.78 is 11.6. The van der Waals surface area contributed by atoms with E-state index < -0.39 is 12.1 Å². The number of aliphatic hydroxyl groups excluding tert-OH is 1. The van der Waals surface area contributed by atoms with Gasteiger partial charge in [-0.1, -0.05) is 18.1 Å². The maximum Gasteiger partial charge on any atom is 0.321 e. The second kappa shape index (κ2) is 10.8. The fourth-order valence-electron chi connectivity index (χ4n) is 4.36. The third-order valence-electron chi connectivity index (χ3n) is 6.96. The van der Waals surface area contributed by atoms with Crippen molar-refractivity contribution in [2.75, 3.05) is 37.4 Å². The summed E-state index contributed by atoms with van der Waals surface area (Å²) in [6, 6.07) is 4.28. The molecule has 1 aromatic heterocycles. The highest BCUT2D eigenvalue weighted by molar-refractivity contribution is 6.02. The van der Waals surface area contributed by atoms with Gasteiger partial charge in [0, 0.05) is 25.4 Å². The SMILES string of the molecule is Cc1noc(C)c1NC(=O)N(C)C[C@@H]1Oc2c(NC(=O)C3CC3)cccc2C(=O)N([C@@H](C)CO)C[C@@H]1C. The molecule has 0 radical (unpaired) electrons. The molecule has 3 atom stereocenters. The van der Waals surface area contributed by atoms with Gasteiger partial charge in [0.05, 0.1) is 30.4 Å². The number of benzene rings is 1. The molecular formula is C26H35N5O6. The van der Waals surface area contributed by atoms with E-state index in [0.29, 0.717) is 34.9 Å². The quantitative estimate of drug-likeness (QED) is 0.517. The predicted molar refractivity (Wildman–Crippen MR) is 137 cm³/mol. The molecule has 1 aromatic carbocycles. The van der Waals surface area contributed by atoms with Gasteiger partial charge >= 0.3 is 6.03 Å². The third-order valence-corrected chi connectivity index (χ3v) is 6.96. The average molecular weight is 514 g/mol. The van der Waals surface area contributed by atoms with Crippen molar-refractivity contribution in [2.24, 2.45) is 11.8 Å². The summed E-state index contributed by atoms with van der Waals surface area (Å²) in [6.07, 6.45) is 1.17. The zero-order chi connectivity index (χ0) is 26.9. The number of hydrogen-bond acceptors (Lipinski definition) is 7. The number of para-hydroxylation sites is 1. The third kappa shape index (κ3) is 5.71. The van der Waals surface area contributed by atoms with E-state index in [9.17, 15) is 19.5 Å². The minimum absolute atomic E-state index is 0.0279. The molecule has 1 aliphatic heterocycles. The van der Waals surface area contributed by atoms with Crippen molar-refractivity contribution in [1.82, 2.24) is 15.0 Å². The molecule has 11 nitrogen and oxygen atoms in total. The van der Waals surface area contributed by atoms with Crippen LogP contribution in [0.2, 0.25) is 0 Å². The first-order chi connectivity index (χ1) is 17.6. The Bertz CT molecular complexity index is 1160. The van der Waals surface area contributed by atoms with Gasteiger partial charge in [-0.15, -0.1) is 0 Å². The summed E-state index contributed by atoms with van der Waals surface area (Å²) in [5.74, 6) is 0.161. The zero-order valence-electron chi connectivity index (χ0n) is 21.9. The Morgan fingerprint density at radius 3 is 2.62 bits per heavy atom. The molecule has 1 saturated carbocycles. The molecule has 0 saturated heterocycles. The smallest absolute Gasteiger partial charge is 0.321 e. The van der Waals surface area contributed by atoms with Gasteiger partial charge in [0.1, 0.15) is 17.5 Å². The Balaban J connectivity index is 1.63. The van der Waals surface area contributed by atoms with Gasteiger partial charge in [0.25, 0.3) is 5.91 Å². The van der Waals surface area contributed by atoms with Crippen molar-refractivity contribution >= 4 is 29.2 Å². The molecule has 2 aromatic rings. The van der Waals surface area contributed by atoms with E-state index in [1.54, 1.807) is 50.9 Å². The molecule has 0 spiro atoms. The number of anilines is 2. The number of carbonyl (C=O) groups is 3. The fraction of sp³-hybridized carbons (Fsp3) is 0.538. The Hall–Kier alpha value is -3.60. The zero-order valence-corrected chi connectivity index (χ0v) is 21.9. The number of urea groups is 1. The Labute approximate surface area is 216 Å². The number of rotatable bonds is 7. The maximum absolute atomic E-state index is 13.5. The topological polar surface area (TPSA) is 137 Å². The molecule has 37 heavy (non-hydrogen) atoms. The number of nitrogens with zero attached hydrogens (tertiary/aromatic N) is 3. The summed E-state index contributed by atoms with van der Waals surface area (Å²) in [6.45, 7) is 7.51. The van der Waals surface area contributed by atoms with E-state index in [1.165, 1.54) is 4.90 Å². The van der Waals surface area contributed by atoms with Crippen LogP contribution < -0.4 is 15.4 Å². The van der Waals surface area contributed by atoms with Crippen LogP contribution in [0.4, 0.5) is 16.2 Å². The molecule has 2 aliphatic rings. The van der Waals surface area contributed by atoms with Gasteiger partial charge in [-0.3, -0.25) is 9.59 Å². The Kier molecular flexibility index (Phi) is 7.72. The van der Waals surface area contributed by atoms with Crippen molar-refractivity contribution in [3.8, 4) is 5.75 Å². The van der Waals surface area contributed by atoms with E-state index in [4.69, 9.17) is 9.26 Å². The molecule has 1 fully saturated rings. The van der Waals surface area contributed by atoms with Gasteiger partial charge in [-0.25, -0.2) is 4.79 Å². The molecule has 200 valence electrons. The highest BCUT2D eigenvalue weighted by atomic mass is 16.5. The number of amides is 4. The first kappa shape index (κ1) is 26.5. The standard InChI is InChI=1S/C26H35N5O6/c1-14-11-31(15(2)13-32)25(34)19-7-6-8-20(27-24(33)18-9-10-18)23(19)36-21(14)12-30(5)26(35)28-22-16(3)29-37-17(22)4/h6-8,14-15,18,21,32H,9-13H2,1-5H3,(H,27,33)(H,28,35)/t14-,15-,21-/m0/s1. The lowest BCUT2D eigenvalue weighted by Gasteiger charge is -2.38. The number of carbonyl (C=O) groups excluding carboxylic acids is 3. The highest BCUT2D eigenvalue weighted by Crippen LogP contribution is 2.37. The summed E-state index contributed by atoms with van der Waals surface area (Å²) in [5.41, 5.74) is 1.81. The molecule has 0 bridgehead atoms. The first-order valence-corrected chi connectivity index (χ1v) is 12.6. The van der Waals surface area contributed by atoms with Crippen LogP contribution >= 0.6 is 0 Å². The molecule has 0 unspecified atom stereocenters. The Morgan fingerprint density at radius 2 is 2.00 bits per heavy atom. The molecule has 11 heteroatoms. The lowest BCUT2D eigenvalue weighted by molar-refractivity contribution is -0.117. The van der Waals surface area contributed by atoms with E-state index >= 15 is 0 Å². The van der Waals surface area contributed by atoms with Crippen molar-refractivity contribution in [3.05, 3.63) is 35.2 Å². The van der Waals surface area contributed by atoms with Crippen LogP contribution in [0, 0.1) is 25.7 Å². The van der Waals surface area contributed by atoms with Crippen molar-refractivity contribution < 1.29 is 28.8 Å². The van der Waals surface area contributed by atoms with Crippen LogP contribution in [-0.2, 0) is 4.79 Å². The van der Waals surface area contributed by atoms with Crippen LogP contribution in [0.15, 0.2) is 22.7 Å². The lowest BCUT2D eigenvalue weighted by Crippen LogP contribution is -2.50. The largest absolute Gasteiger partial charge is 0.485 e. The van der Waals surface area contributed by atoms with Crippen molar-refractivity contribution in [1.29, 1.82) is 0 Å². The van der Waals surface area contributed by atoms with E-state index in [-0.39, 0.29) is 48.6 Å². The first-order valence-electron chi connectivity index (χ1n) is 12.6. The number of aliphatic hydroxyl groups is 1. The van der Waals surface area contributed by atoms with Crippen LogP contribution in [0.5, 0.6) is 5.75 Å². The van der Waals surface area contributed by atoms with Crippen LogP contribution in [0.1, 0.15) is 48.5 Å². The molecule has 3 N–H and O–H groups in total. The minimum atomic E-state index is -0.514. The normalized spacial score (nSPS) is 20.3. The minimum Gasteiger partial charge on any atom is -0.485 e. The van der Waals surface area contributed by atoms with Gasteiger partial charge < -0.3 is 34.8 Å².